The summed E-state index contributed by atoms with van der Waals surface area (Å²) < 4.78 is 128. The van der Waals surface area contributed by atoms with E-state index in [9.17, 15) is 0 Å². The van der Waals surface area contributed by atoms with Gasteiger partial charge in [-0.05, 0) is 134 Å². The summed E-state index contributed by atoms with van der Waals surface area (Å²) in [6.45, 7) is 0. The van der Waals surface area contributed by atoms with Crippen LogP contribution in [0.3, 0.4) is 0 Å². The number of halogens is 8. The monoisotopic (exact) mass is 824 g/mol. The minimum absolute atomic E-state index is 0.0438. The van der Waals surface area contributed by atoms with Gasteiger partial charge in [-0.3, -0.25) is 0 Å². The Hall–Kier alpha value is -7.58. The van der Waals surface area contributed by atoms with E-state index in [1.807, 2.05) is 60.7 Å². The first kappa shape index (κ1) is 36.3. The fourth-order valence-electron chi connectivity index (χ4n) is 9.63. The molecule has 0 aliphatic rings. The van der Waals surface area contributed by atoms with E-state index >= 15 is 35.1 Å². The van der Waals surface area contributed by atoms with E-state index < -0.39 is 68.8 Å². The smallest absolute Gasteiger partial charge is 0.170 e. The number of benzene rings is 12. The largest absolute Gasteiger partial charge is 0.203 e. The average molecular weight is 825 g/mol. The Morgan fingerprint density at radius 3 is 0.694 bits per heavy atom. The molecule has 0 bridgehead atoms. The van der Waals surface area contributed by atoms with Gasteiger partial charge in [0.25, 0.3) is 0 Å². The highest BCUT2D eigenvalue weighted by molar-refractivity contribution is 6.25. The quantitative estimate of drug-likeness (QED) is 0.0942. The van der Waals surface area contributed by atoms with E-state index in [-0.39, 0.29) is 33.0 Å². The fraction of sp³-hybridized carbons (Fsp3) is 0. The van der Waals surface area contributed by atoms with Crippen LogP contribution in [-0.2, 0) is 0 Å². The number of hydrogen-bond donors (Lipinski definition) is 0. The Labute approximate surface area is 346 Å². The van der Waals surface area contributed by atoms with Crippen molar-refractivity contribution in [2.45, 2.75) is 0 Å². The zero-order chi connectivity index (χ0) is 42.3. The van der Waals surface area contributed by atoms with Gasteiger partial charge in [0.2, 0.25) is 0 Å². The minimum atomic E-state index is -1.61. The third-order valence-electron chi connectivity index (χ3n) is 12.4. The van der Waals surface area contributed by atoms with Gasteiger partial charge in [0.05, 0.1) is 22.3 Å². The Kier molecular flexibility index (Phi) is 7.59. The second kappa shape index (κ2) is 13.0. The van der Waals surface area contributed by atoms with E-state index in [0.29, 0.717) is 21.5 Å². The molecule has 296 valence electrons. The molecule has 0 aliphatic carbocycles. The van der Waals surface area contributed by atoms with Crippen LogP contribution in [0.2, 0.25) is 0 Å². The Morgan fingerprint density at radius 2 is 0.403 bits per heavy atom. The van der Waals surface area contributed by atoms with Crippen molar-refractivity contribution < 1.29 is 35.1 Å². The third-order valence-corrected chi connectivity index (χ3v) is 12.4. The van der Waals surface area contributed by atoms with E-state index in [0.717, 1.165) is 43.1 Å². The molecule has 0 aromatic heterocycles. The fourth-order valence-corrected chi connectivity index (χ4v) is 9.63. The van der Waals surface area contributed by atoms with Crippen molar-refractivity contribution in [2.75, 3.05) is 0 Å². The summed E-state index contributed by atoms with van der Waals surface area (Å²) in [6.07, 6.45) is 0. The molecule has 62 heavy (non-hydrogen) atoms. The molecule has 0 fully saturated rings. The summed E-state index contributed by atoms with van der Waals surface area (Å²) in [5.74, 6) is -12.8. The van der Waals surface area contributed by atoms with Gasteiger partial charge in [-0.2, -0.15) is 0 Å². The molecule has 0 atom stereocenters. The van der Waals surface area contributed by atoms with Crippen LogP contribution in [0.4, 0.5) is 35.1 Å². The number of rotatable bonds is 4. The van der Waals surface area contributed by atoms with Crippen molar-refractivity contribution >= 4 is 75.4 Å². The van der Waals surface area contributed by atoms with Crippen LogP contribution < -0.4 is 0 Å². The molecule has 0 radical (unpaired) electrons. The van der Waals surface area contributed by atoms with Crippen molar-refractivity contribution in [2.24, 2.45) is 0 Å². The Morgan fingerprint density at radius 1 is 0.194 bits per heavy atom. The normalized spacial score (nSPS) is 12.2. The van der Waals surface area contributed by atoms with Gasteiger partial charge in [0, 0.05) is 0 Å². The number of fused-ring (bicyclic) bond motifs is 1. The first-order chi connectivity index (χ1) is 30.0. The lowest BCUT2D eigenvalue weighted by Gasteiger charge is -2.16. The lowest BCUT2D eigenvalue weighted by Crippen LogP contribution is -2.04. The topological polar surface area (TPSA) is 0 Å². The lowest BCUT2D eigenvalue weighted by molar-refractivity contribution is 0.463. The van der Waals surface area contributed by atoms with Gasteiger partial charge in [-0.25, -0.2) is 35.1 Å². The van der Waals surface area contributed by atoms with Crippen molar-refractivity contribution in [3.63, 3.8) is 0 Å². The summed E-state index contributed by atoms with van der Waals surface area (Å²) in [5.41, 5.74) is -4.12. The molecular weight excluding hydrogens is 801 g/mol. The molecular formula is C54H24F8. The van der Waals surface area contributed by atoms with Gasteiger partial charge >= 0.3 is 0 Å². The van der Waals surface area contributed by atoms with Gasteiger partial charge < -0.3 is 0 Å². The molecule has 12 rings (SSSR count). The zero-order valence-electron chi connectivity index (χ0n) is 31.9. The molecule has 0 heterocycles. The lowest BCUT2D eigenvalue weighted by atomic mass is 9.90. The highest BCUT2D eigenvalue weighted by atomic mass is 19.2. The molecule has 0 aliphatic heterocycles. The Balaban J connectivity index is 0.923. The first-order valence-corrected chi connectivity index (χ1v) is 19.7. The summed E-state index contributed by atoms with van der Waals surface area (Å²) in [5, 5.41) is 10.7. The van der Waals surface area contributed by atoms with Gasteiger partial charge in [-0.15, -0.1) is 0 Å². The maximum absolute atomic E-state index is 16.0. The summed E-state index contributed by atoms with van der Waals surface area (Å²) >= 11 is 0. The molecule has 8 heteroatoms. The van der Waals surface area contributed by atoms with Gasteiger partial charge in [0.15, 0.2) is 46.5 Å². The molecule has 0 unspecified atom stereocenters. The second-order valence-corrected chi connectivity index (χ2v) is 15.8. The van der Waals surface area contributed by atoms with E-state index in [1.54, 1.807) is 24.3 Å². The van der Waals surface area contributed by atoms with Gasteiger partial charge in [0.1, 0.15) is 0 Å². The minimum Gasteiger partial charge on any atom is -0.203 e. The van der Waals surface area contributed by atoms with Crippen LogP contribution in [0.5, 0.6) is 0 Å². The molecule has 0 nitrogen and oxygen atoms in total. The SMILES string of the molecule is Fc1c(F)c(-c2cc3ccc4cccc5ccc(c2)c3c45)c(F)c(F)c1-c1ccc2cc(-c3c(F)c(F)c(-c4cc5ccc6cccc7ccc(c4)c5c67)c(F)c3F)ccc2c1. The predicted molar refractivity (Wildman–Crippen MR) is 233 cm³/mol. The molecule has 0 saturated carbocycles. The third kappa shape index (κ3) is 5.00. The average Bonchev–Trinajstić information content (AvgIpc) is 3.29. The van der Waals surface area contributed by atoms with E-state index in [4.69, 9.17) is 0 Å². The van der Waals surface area contributed by atoms with Crippen molar-refractivity contribution in [1.29, 1.82) is 0 Å². The molecule has 0 amide bonds. The molecule has 0 spiro atoms. The van der Waals surface area contributed by atoms with E-state index in [1.165, 1.54) is 60.7 Å². The molecule has 12 aromatic carbocycles. The van der Waals surface area contributed by atoms with Crippen LogP contribution >= 0.6 is 0 Å². The van der Waals surface area contributed by atoms with Crippen molar-refractivity contribution in [3.8, 4) is 44.5 Å². The van der Waals surface area contributed by atoms with Crippen LogP contribution in [0.1, 0.15) is 0 Å². The predicted octanol–water partition coefficient (Wildman–Crippen LogP) is 16.4. The van der Waals surface area contributed by atoms with Crippen molar-refractivity contribution in [3.05, 3.63) is 192 Å². The Bertz CT molecular complexity index is 3470. The highest BCUT2D eigenvalue weighted by Crippen LogP contribution is 2.44. The molecule has 0 N–H and O–H groups in total. The van der Waals surface area contributed by atoms with E-state index in [2.05, 4.69) is 0 Å². The summed E-state index contributed by atoms with van der Waals surface area (Å²) in [7, 11) is 0. The molecule has 12 aromatic rings. The zero-order valence-corrected chi connectivity index (χ0v) is 31.9. The highest BCUT2D eigenvalue weighted by Gasteiger charge is 2.30. The number of hydrogen-bond acceptors (Lipinski definition) is 0. The van der Waals surface area contributed by atoms with Crippen LogP contribution in [0.15, 0.2) is 146 Å². The van der Waals surface area contributed by atoms with Gasteiger partial charge in [-0.1, -0.05) is 109 Å². The van der Waals surface area contributed by atoms with Crippen molar-refractivity contribution in [1.82, 2.24) is 0 Å². The van der Waals surface area contributed by atoms with Crippen LogP contribution in [-0.4, -0.2) is 0 Å². The standard InChI is InChI=1S/C54H24F8/c55-47-43(48(56)52(60)45(51(47)59)37-21-31-13-7-25-3-1-4-26-8-14-32(22-37)41(31)39(25)26)35-17-11-30-20-36(18-12-29(30)19-35)44-49(57)53(61)46(54(62)50(44)58)38-23-33-15-9-27-5-2-6-28-10-16-34(24-38)42(33)40(27)28/h1-24H. The van der Waals surface area contributed by atoms with Crippen LogP contribution in [0.25, 0.3) is 120 Å². The molecule has 0 saturated heterocycles. The first-order valence-electron chi connectivity index (χ1n) is 19.7. The second-order valence-electron chi connectivity index (χ2n) is 15.8. The maximum atomic E-state index is 16.0. The maximum Gasteiger partial charge on any atom is 0.170 e. The van der Waals surface area contributed by atoms with Crippen LogP contribution in [0, 0.1) is 46.5 Å². The summed E-state index contributed by atoms with van der Waals surface area (Å²) in [4.78, 5) is 0. The summed E-state index contributed by atoms with van der Waals surface area (Å²) in [6, 6.07) is 40.0.